The van der Waals surface area contributed by atoms with Crippen LogP contribution in [0.2, 0.25) is 5.02 Å². The average molecular weight is 540 g/mol. The van der Waals surface area contributed by atoms with Crippen molar-refractivity contribution in [1.82, 2.24) is 10.6 Å². The number of carbonyl (C=O) groups excluding carboxylic acids is 1. The fourth-order valence-electron chi connectivity index (χ4n) is 3.32. The third kappa shape index (κ3) is 8.24. The summed E-state index contributed by atoms with van der Waals surface area (Å²) >= 11 is 6.05. The Balaban J connectivity index is 1.80. The van der Waals surface area contributed by atoms with Crippen molar-refractivity contribution in [1.29, 1.82) is 0 Å². The van der Waals surface area contributed by atoms with Crippen molar-refractivity contribution in [3.05, 3.63) is 106 Å². The summed E-state index contributed by atoms with van der Waals surface area (Å²) in [6.07, 6.45) is -5.39. The zero-order chi connectivity index (χ0) is 27.2. The van der Waals surface area contributed by atoms with E-state index < -0.39 is 41.5 Å². The topological polar surface area (TPSA) is 106 Å². The number of hydrogen-bond donors (Lipinski definition) is 4. The summed E-state index contributed by atoms with van der Waals surface area (Å²) in [5, 5.41) is 5.70. The van der Waals surface area contributed by atoms with E-state index in [1.807, 2.05) is 0 Å². The molecule has 3 rings (SSSR count). The largest absolute Gasteiger partial charge is 0.416 e. The van der Waals surface area contributed by atoms with Crippen LogP contribution in [0.3, 0.4) is 0 Å². The molecule has 196 valence electrons. The fourth-order valence-corrected chi connectivity index (χ4v) is 3.55. The third-order valence-electron chi connectivity index (χ3n) is 5.24. The molecule has 6 N–H and O–H groups in total. The summed E-state index contributed by atoms with van der Waals surface area (Å²) < 4.78 is 65.7. The summed E-state index contributed by atoms with van der Waals surface area (Å²) in [4.78, 5) is 16.6. The molecule has 2 unspecified atom stereocenters. The zero-order valence-electron chi connectivity index (χ0n) is 19.2. The lowest BCUT2D eigenvalue weighted by Gasteiger charge is -2.21. The number of aliphatic imine (C=N–C) groups is 1. The van der Waals surface area contributed by atoms with Gasteiger partial charge in [0.05, 0.1) is 11.7 Å². The SMILES string of the molecule is NC(CC(N)c1ccc(F)cc1)N/C(=N\C(=O)c1cccc(C(F)(F)F)c1)NCc1ccc(F)cc1Cl. The number of nitrogens with one attached hydrogen (secondary N) is 2. The van der Waals surface area contributed by atoms with Gasteiger partial charge in [0, 0.05) is 23.2 Å². The number of halogens is 6. The summed E-state index contributed by atoms with van der Waals surface area (Å²) in [5.41, 5.74) is 12.0. The number of guanidine groups is 1. The van der Waals surface area contributed by atoms with Crippen LogP contribution >= 0.6 is 11.6 Å². The number of hydrogen-bond acceptors (Lipinski definition) is 3. The number of benzene rings is 3. The second kappa shape index (κ2) is 12.1. The van der Waals surface area contributed by atoms with E-state index in [-0.39, 0.29) is 29.5 Å². The quantitative estimate of drug-likeness (QED) is 0.148. The molecule has 3 aromatic carbocycles. The molecular formula is C25H23ClF5N5O. The monoisotopic (exact) mass is 539 g/mol. The molecule has 0 aliphatic rings. The molecule has 6 nitrogen and oxygen atoms in total. The second-order valence-electron chi connectivity index (χ2n) is 8.08. The molecule has 0 heterocycles. The lowest BCUT2D eigenvalue weighted by atomic mass is 10.0. The van der Waals surface area contributed by atoms with Crippen molar-refractivity contribution in [3.63, 3.8) is 0 Å². The van der Waals surface area contributed by atoms with Gasteiger partial charge in [-0.25, -0.2) is 8.78 Å². The molecule has 0 fully saturated rings. The van der Waals surface area contributed by atoms with Gasteiger partial charge in [-0.3, -0.25) is 4.79 Å². The van der Waals surface area contributed by atoms with Gasteiger partial charge < -0.3 is 22.1 Å². The molecule has 0 aromatic heterocycles. The van der Waals surface area contributed by atoms with Crippen molar-refractivity contribution >= 4 is 23.5 Å². The van der Waals surface area contributed by atoms with Crippen LogP contribution in [0.25, 0.3) is 0 Å². The maximum atomic E-state index is 13.4. The van der Waals surface area contributed by atoms with Crippen LogP contribution in [-0.4, -0.2) is 18.0 Å². The van der Waals surface area contributed by atoms with E-state index in [1.54, 1.807) is 0 Å². The predicted octanol–water partition coefficient (Wildman–Crippen LogP) is 4.89. The Hall–Kier alpha value is -3.54. The molecule has 0 saturated carbocycles. The van der Waals surface area contributed by atoms with Crippen molar-refractivity contribution in [2.75, 3.05) is 0 Å². The van der Waals surface area contributed by atoms with Gasteiger partial charge in [-0.05, 0) is 60.0 Å². The Bertz CT molecular complexity index is 1270. The van der Waals surface area contributed by atoms with E-state index in [2.05, 4.69) is 15.6 Å². The third-order valence-corrected chi connectivity index (χ3v) is 5.59. The smallest absolute Gasteiger partial charge is 0.352 e. The maximum absolute atomic E-state index is 13.4. The first-order valence-corrected chi connectivity index (χ1v) is 11.3. The van der Waals surface area contributed by atoms with Crippen LogP contribution in [0, 0.1) is 11.6 Å². The van der Waals surface area contributed by atoms with E-state index in [9.17, 15) is 26.7 Å². The fraction of sp³-hybridized carbons (Fsp3) is 0.200. The highest BCUT2D eigenvalue weighted by molar-refractivity contribution is 6.31. The minimum Gasteiger partial charge on any atom is -0.352 e. The molecule has 12 heteroatoms. The molecular weight excluding hydrogens is 517 g/mol. The molecule has 0 spiro atoms. The number of carbonyl (C=O) groups is 1. The molecule has 2 atom stereocenters. The number of nitrogens with zero attached hydrogens (tertiary/aromatic N) is 1. The van der Waals surface area contributed by atoms with Gasteiger partial charge in [0.15, 0.2) is 0 Å². The average Bonchev–Trinajstić information content (AvgIpc) is 2.83. The number of nitrogens with two attached hydrogens (primary N) is 2. The molecule has 0 saturated heterocycles. The summed E-state index contributed by atoms with van der Waals surface area (Å²) in [6.45, 7) is -0.0163. The Morgan fingerprint density at radius 2 is 1.65 bits per heavy atom. The minimum absolute atomic E-state index is 0.0163. The van der Waals surface area contributed by atoms with Gasteiger partial charge in [0.1, 0.15) is 11.6 Å². The predicted molar refractivity (Wildman–Crippen MR) is 131 cm³/mol. The number of alkyl halides is 3. The Labute approximate surface area is 214 Å². The van der Waals surface area contributed by atoms with Gasteiger partial charge in [-0.1, -0.05) is 35.9 Å². The minimum atomic E-state index is -4.64. The van der Waals surface area contributed by atoms with Gasteiger partial charge in [-0.15, -0.1) is 0 Å². The van der Waals surface area contributed by atoms with Gasteiger partial charge >= 0.3 is 6.18 Å². The van der Waals surface area contributed by atoms with Crippen molar-refractivity contribution in [2.24, 2.45) is 16.5 Å². The normalized spacial score (nSPS) is 13.7. The van der Waals surface area contributed by atoms with Crippen LogP contribution in [0.5, 0.6) is 0 Å². The van der Waals surface area contributed by atoms with E-state index in [4.69, 9.17) is 23.1 Å². The van der Waals surface area contributed by atoms with Crippen molar-refractivity contribution in [2.45, 2.75) is 31.3 Å². The van der Waals surface area contributed by atoms with Crippen LogP contribution in [0.15, 0.2) is 71.7 Å². The number of amides is 1. The maximum Gasteiger partial charge on any atom is 0.416 e. The summed E-state index contributed by atoms with van der Waals surface area (Å²) in [7, 11) is 0. The molecule has 3 aromatic rings. The highest BCUT2D eigenvalue weighted by atomic mass is 35.5. The Kier molecular flexibility index (Phi) is 9.19. The van der Waals surface area contributed by atoms with Gasteiger partial charge in [0.2, 0.25) is 5.96 Å². The van der Waals surface area contributed by atoms with Crippen LogP contribution < -0.4 is 22.1 Å². The van der Waals surface area contributed by atoms with E-state index in [1.165, 1.54) is 42.5 Å². The van der Waals surface area contributed by atoms with Crippen LogP contribution in [-0.2, 0) is 12.7 Å². The Morgan fingerprint density at radius 1 is 0.973 bits per heavy atom. The first-order valence-electron chi connectivity index (χ1n) is 10.9. The molecule has 1 amide bonds. The van der Waals surface area contributed by atoms with Crippen LogP contribution in [0.1, 0.15) is 39.5 Å². The Morgan fingerprint density at radius 3 is 2.30 bits per heavy atom. The second-order valence-corrected chi connectivity index (χ2v) is 8.49. The molecule has 0 radical (unpaired) electrons. The standard InChI is InChI=1S/C25H23ClF5N5O/c26-20-11-19(28)9-6-16(20)13-34-24(35-22(33)12-21(32)14-4-7-18(27)8-5-14)36-23(37)15-2-1-3-17(10-15)25(29,30)31/h1-11,21-22H,12-13,32-33H2,(H2,34,35,36,37). The lowest BCUT2D eigenvalue weighted by Crippen LogP contribution is -2.49. The van der Waals surface area contributed by atoms with E-state index in [0.717, 1.165) is 18.2 Å². The van der Waals surface area contributed by atoms with Crippen molar-refractivity contribution in [3.8, 4) is 0 Å². The number of rotatable bonds is 7. The van der Waals surface area contributed by atoms with Gasteiger partial charge in [0.25, 0.3) is 5.91 Å². The van der Waals surface area contributed by atoms with E-state index in [0.29, 0.717) is 17.2 Å². The molecule has 37 heavy (non-hydrogen) atoms. The van der Waals surface area contributed by atoms with Gasteiger partial charge in [-0.2, -0.15) is 18.2 Å². The highest BCUT2D eigenvalue weighted by Gasteiger charge is 2.31. The first kappa shape index (κ1) is 28.0. The highest BCUT2D eigenvalue weighted by Crippen LogP contribution is 2.29. The first-order chi connectivity index (χ1) is 17.4. The zero-order valence-corrected chi connectivity index (χ0v) is 20.0. The molecule has 0 aliphatic heterocycles. The van der Waals surface area contributed by atoms with E-state index >= 15 is 0 Å². The molecule has 0 bridgehead atoms. The van der Waals surface area contributed by atoms with Crippen LogP contribution in [0.4, 0.5) is 22.0 Å². The summed E-state index contributed by atoms with van der Waals surface area (Å²) in [6, 6.07) is 12.4. The summed E-state index contributed by atoms with van der Waals surface area (Å²) in [5.74, 6) is -2.11. The molecule has 0 aliphatic carbocycles. The van der Waals surface area contributed by atoms with Crippen molar-refractivity contribution < 1.29 is 26.7 Å². The lowest BCUT2D eigenvalue weighted by molar-refractivity contribution is -0.137.